The SMILES string of the molecule is Cc1cccn2c(=O)c(/C=C3\SC(=S)N(C[C@@H]4CCCO4)C3=O)c(N[C@H](C)c3ccccc3)nc12. The molecule has 180 valence electrons. The molecule has 0 spiro atoms. The number of nitrogens with zero attached hydrogens (tertiary/aromatic N) is 3. The van der Waals surface area contributed by atoms with Gasteiger partial charge in [0.1, 0.15) is 15.8 Å². The highest BCUT2D eigenvalue weighted by molar-refractivity contribution is 8.26. The number of ether oxygens (including phenoxy) is 1. The minimum atomic E-state index is -0.245. The molecule has 0 aliphatic carbocycles. The number of rotatable bonds is 6. The van der Waals surface area contributed by atoms with E-state index >= 15 is 0 Å². The summed E-state index contributed by atoms with van der Waals surface area (Å²) in [6.07, 6.45) is 5.22. The van der Waals surface area contributed by atoms with Gasteiger partial charge < -0.3 is 10.1 Å². The lowest BCUT2D eigenvalue weighted by Crippen LogP contribution is -2.35. The standard InChI is InChI=1S/C26H26N4O3S2/c1-16-8-6-12-29-23(16)28-22(27-17(2)18-9-4-3-5-10-18)20(24(29)31)14-21-25(32)30(26(34)35-21)15-19-11-7-13-33-19/h3-6,8-10,12,14,17,19,27H,7,11,13,15H2,1-2H3/b21-14-/t17-,19+/m1/s1. The molecule has 0 unspecified atom stereocenters. The molecule has 2 aliphatic heterocycles. The van der Waals surface area contributed by atoms with Crippen LogP contribution in [-0.2, 0) is 9.53 Å². The molecule has 35 heavy (non-hydrogen) atoms. The van der Waals surface area contributed by atoms with Gasteiger partial charge in [0.2, 0.25) is 0 Å². The fourth-order valence-corrected chi connectivity index (χ4v) is 5.62. The molecule has 3 aromatic rings. The third-order valence-electron chi connectivity index (χ3n) is 6.30. The molecule has 1 aromatic carbocycles. The molecule has 2 aliphatic rings. The summed E-state index contributed by atoms with van der Waals surface area (Å²) < 4.78 is 7.69. The Balaban J connectivity index is 1.55. The fraction of sp³-hybridized carbons (Fsp3) is 0.308. The van der Waals surface area contributed by atoms with E-state index in [-0.39, 0.29) is 23.6 Å². The second kappa shape index (κ2) is 9.93. The van der Waals surface area contributed by atoms with Crippen molar-refractivity contribution >= 4 is 51.7 Å². The van der Waals surface area contributed by atoms with Crippen molar-refractivity contribution < 1.29 is 9.53 Å². The summed E-state index contributed by atoms with van der Waals surface area (Å²) in [5.41, 5.74) is 2.60. The molecule has 2 atom stereocenters. The number of aryl methyl sites for hydroxylation is 1. The van der Waals surface area contributed by atoms with Gasteiger partial charge in [-0.1, -0.05) is 60.4 Å². The highest BCUT2D eigenvalue weighted by Crippen LogP contribution is 2.34. The highest BCUT2D eigenvalue weighted by atomic mass is 32.2. The van der Waals surface area contributed by atoms with Crippen molar-refractivity contribution in [1.82, 2.24) is 14.3 Å². The number of thiocarbonyl (C=S) groups is 1. The zero-order valence-electron chi connectivity index (χ0n) is 19.6. The van der Waals surface area contributed by atoms with Gasteiger partial charge in [0, 0.05) is 18.8 Å². The normalized spacial score (nSPS) is 20.2. The number of nitrogens with one attached hydrogen (secondary N) is 1. The van der Waals surface area contributed by atoms with E-state index in [4.69, 9.17) is 21.9 Å². The van der Waals surface area contributed by atoms with Crippen LogP contribution in [0.2, 0.25) is 0 Å². The van der Waals surface area contributed by atoms with E-state index in [9.17, 15) is 9.59 Å². The minimum absolute atomic E-state index is 0.00302. The molecule has 0 radical (unpaired) electrons. The lowest BCUT2D eigenvalue weighted by Gasteiger charge is -2.19. The van der Waals surface area contributed by atoms with Crippen LogP contribution in [0.5, 0.6) is 0 Å². The summed E-state index contributed by atoms with van der Waals surface area (Å²) >= 11 is 6.71. The molecule has 7 nitrogen and oxygen atoms in total. The van der Waals surface area contributed by atoms with E-state index in [1.165, 1.54) is 16.2 Å². The van der Waals surface area contributed by atoms with Crippen LogP contribution in [-0.4, -0.2) is 43.8 Å². The smallest absolute Gasteiger partial charge is 0.267 e. The van der Waals surface area contributed by atoms with Crippen molar-refractivity contribution in [3.8, 4) is 0 Å². The number of aromatic nitrogens is 2. The van der Waals surface area contributed by atoms with Crippen LogP contribution >= 0.6 is 24.0 Å². The fourth-order valence-electron chi connectivity index (χ4n) is 4.36. The monoisotopic (exact) mass is 506 g/mol. The molecule has 2 saturated heterocycles. The van der Waals surface area contributed by atoms with Gasteiger partial charge in [-0.15, -0.1) is 0 Å². The maximum Gasteiger partial charge on any atom is 0.267 e. The number of hydrogen-bond acceptors (Lipinski definition) is 7. The summed E-state index contributed by atoms with van der Waals surface area (Å²) in [6.45, 7) is 5.08. The van der Waals surface area contributed by atoms with Gasteiger partial charge in [0.25, 0.3) is 11.5 Å². The Hall–Kier alpha value is -3.01. The minimum Gasteiger partial charge on any atom is -0.376 e. The third-order valence-corrected chi connectivity index (χ3v) is 7.67. The maximum atomic E-state index is 13.6. The van der Waals surface area contributed by atoms with E-state index in [0.717, 1.165) is 24.0 Å². The topological polar surface area (TPSA) is 75.9 Å². The van der Waals surface area contributed by atoms with E-state index in [1.54, 1.807) is 17.2 Å². The number of benzene rings is 1. The Morgan fingerprint density at radius 2 is 2.06 bits per heavy atom. The number of pyridine rings is 1. The van der Waals surface area contributed by atoms with Gasteiger partial charge >= 0.3 is 0 Å². The maximum absolute atomic E-state index is 13.6. The number of thioether (sulfide) groups is 1. The molecule has 1 amide bonds. The Labute approximate surface area is 213 Å². The predicted octanol–water partition coefficient (Wildman–Crippen LogP) is 4.56. The second-order valence-electron chi connectivity index (χ2n) is 8.77. The molecule has 2 aromatic heterocycles. The Morgan fingerprint density at radius 1 is 1.26 bits per heavy atom. The molecular formula is C26H26N4O3S2. The van der Waals surface area contributed by atoms with Gasteiger partial charge in [0.15, 0.2) is 0 Å². The van der Waals surface area contributed by atoms with E-state index in [1.807, 2.05) is 56.3 Å². The summed E-state index contributed by atoms with van der Waals surface area (Å²) in [7, 11) is 0. The number of carbonyl (C=O) groups is 1. The van der Waals surface area contributed by atoms with E-state index in [0.29, 0.717) is 39.4 Å². The van der Waals surface area contributed by atoms with Crippen molar-refractivity contribution in [3.05, 3.63) is 80.6 Å². The first-order chi connectivity index (χ1) is 16.9. The molecule has 2 fully saturated rings. The molecule has 9 heteroatoms. The predicted molar refractivity (Wildman–Crippen MR) is 144 cm³/mol. The zero-order chi connectivity index (χ0) is 24.5. The number of amides is 1. The number of anilines is 1. The highest BCUT2D eigenvalue weighted by Gasteiger charge is 2.35. The number of hydrogen-bond donors (Lipinski definition) is 1. The quantitative estimate of drug-likeness (QED) is 0.388. The molecule has 0 bridgehead atoms. The van der Waals surface area contributed by atoms with Crippen LogP contribution in [0.3, 0.4) is 0 Å². The van der Waals surface area contributed by atoms with E-state index in [2.05, 4.69) is 5.32 Å². The van der Waals surface area contributed by atoms with Crippen molar-refractivity contribution in [3.63, 3.8) is 0 Å². The largest absolute Gasteiger partial charge is 0.376 e. The summed E-state index contributed by atoms with van der Waals surface area (Å²) in [6, 6.07) is 13.6. The molecule has 1 N–H and O–H groups in total. The molecular weight excluding hydrogens is 480 g/mol. The first-order valence-corrected chi connectivity index (χ1v) is 12.9. The molecule has 0 saturated carbocycles. The van der Waals surface area contributed by atoms with Crippen molar-refractivity contribution in [1.29, 1.82) is 0 Å². The van der Waals surface area contributed by atoms with Gasteiger partial charge in [-0.2, -0.15) is 0 Å². The number of fused-ring (bicyclic) bond motifs is 1. The van der Waals surface area contributed by atoms with Crippen LogP contribution < -0.4 is 10.9 Å². The third kappa shape index (κ3) is 4.76. The second-order valence-corrected chi connectivity index (χ2v) is 10.4. The summed E-state index contributed by atoms with van der Waals surface area (Å²) in [5.74, 6) is 0.233. The first-order valence-electron chi connectivity index (χ1n) is 11.6. The lowest BCUT2D eigenvalue weighted by molar-refractivity contribution is -0.123. The Kier molecular flexibility index (Phi) is 6.73. The molecule has 4 heterocycles. The van der Waals surface area contributed by atoms with Crippen molar-refractivity contribution in [2.24, 2.45) is 0 Å². The van der Waals surface area contributed by atoms with Crippen LogP contribution in [0, 0.1) is 6.92 Å². The van der Waals surface area contributed by atoms with Crippen LogP contribution in [0.25, 0.3) is 11.7 Å². The van der Waals surface area contributed by atoms with Crippen LogP contribution in [0.1, 0.15) is 42.5 Å². The number of carbonyl (C=O) groups excluding carboxylic acids is 1. The first kappa shape index (κ1) is 23.7. The Bertz CT molecular complexity index is 1380. The van der Waals surface area contributed by atoms with Crippen LogP contribution in [0.4, 0.5) is 5.82 Å². The molecule has 5 rings (SSSR count). The van der Waals surface area contributed by atoms with Crippen molar-refractivity contribution in [2.75, 3.05) is 18.5 Å². The van der Waals surface area contributed by atoms with Gasteiger partial charge in [0.05, 0.1) is 23.1 Å². The Morgan fingerprint density at radius 3 is 2.80 bits per heavy atom. The zero-order valence-corrected chi connectivity index (χ0v) is 21.2. The average Bonchev–Trinajstić information content (AvgIpc) is 3.46. The summed E-state index contributed by atoms with van der Waals surface area (Å²) in [5, 5.41) is 3.40. The van der Waals surface area contributed by atoms with E-state index < -0.39 is 0 Å². The van der Waals surface area contributed by atoms with Crippen LogP contribution in [0.15, 0.2) is 58.4 Å². The summed E-state index contributed by atoms with van der Waals surface area (Å²) in [4.78, 5) is 33.6. The van der Waals surface area contributed by atoms with Gasteiger partial charge in [-0.05, 0) is 50.0 Å². The lowest BCUT2D eigenvalue weighted by atomic mass is 10.1. The van der Waals surface area contributed by atoms with Gasteiger partial charge in [-0.25, -0.2) is 4.98 Å². The van der Waals surface area contributed by atoms with Crippen molar-refractivity contribution in [2.45, 2.75) is 38.8 Å². The average molecular weight is 507 g/mol. The van der Waals surface area contributed by atoms with Gasteiger partial charge in [-0.3, -0.25) is 18.9 Å².